The predicted octanol–water partition coefficient (Wildman–Crippen LogP) is 6.65. The van der Waals surface area contributed by atoms with Gasteiger partial charge in [0.1, 0.15) is 5.75 Å². The number of benzene rings is 3. The molecule has 0 aromatic heterocycles. The maximum absolute atomic E-state index is 13.3. The van der Waals surface area contributed by atoms with Crippen molar-refractivity contribution < 1.29 is 19.0 Å². The molecule has 0 aliphatic carbocycles. The van der Waals surface area contributed by atoms with Crippen LogP contribution in [0.15, 0.2) is 60.7 Å². The molecule has 32 heavy (non-hydrogen) atoms. The predicted molar refractivity (Wildman–Crippen MR) is 129 cm³/mol. The number of amides is 2. The van der Waals surface area contributed by atoms with Crippen molar-refractivity contribution in [2.45, 2.75) is 13.5 Å². The molecule has 2 amide bonds. The Balaban J connectivity index is 1.91. The molecule has 0 atom stereocenters. The number of nitrogens with zero attached hydrogens (tertiary/aromatic N) is 1. The second kappa shape index (κ2) is 11.0. The number of carbonyl (C=O) groups is 1. The average Bonchev–Trinajstić information content (AvgIpc) is 2.80. The smallest absolute Gasteiger partial charge is 0.326 e. The van der Waals surface area contributed by atoms with Crippen LogP contribution in [-0.4, -0.2) is 26.9 Å². The number of halogens is 2. The summed E-state index contributed by atoms with van der Waals surface area (Å²) in [6.45, 7) is 2.77. The first-order chi connectivity index (χ1) is 15.4. The quantitative estimate of drug-likeness (QED) is 0.397. The van der Waals surface area contributed by atoms with E-state index in [9.17, 15) is 4.79 Å². The summed E-state index contributed by atoms with van der Waals surface area (Å²) >= 11 is 12.1. The number of rotatable bonds is 8. The minimum atomic E-state index is -0.331. The van der Waals surface area contributed by atoms with E-state index < -0.39 is 0 Å². The third-order valence-electron chi connectivity index (χ3n) is 4.66. The van der Waals surface area contributed by atoms with Gasteiger partial charge in [-0.15, -0.1) is 0 Å². The molecule has 0 aliphatic rings. The molecule has 3 aromatic rings. The first-order valence-electron chi connectivity index (χ1n) is 9.92. The lowest BCUT2D eigenvalue weighted by molar-refractivity contribution is 0.256. The van der Waals surface area contributed by atoms with Crippen molar-refractivity contribution in [2.75, 3.05) is 31.0 Å². The fourth-order valence-corrected chi connectivity index (χ4v) is 3.39. The van der Waals surface area contributed by atoms with E-state index in [0.717, 1.165) is 11.3 Å². The van der Waals surface area contributed by atoms with Crippen molar-refractivity contribution in [2.24, 2.45) is 0 Å². The monoisotopic (exact) mass is 474 g/mol. The Morgan fingerprint density at radius 3 is 2.25 bits per heavy atom. The summed E-state index contributed by atoms with van der Waals surface area (Å²) in [7, 11) is 3.15. The summed E-state index contributed by atoms with van der Waals surface area (Å²) in [5.41, 5.74) is 2.09. The molecule has 0 saturated carbocycles. The Hall–Kier alpha value is -3.09. The zero-order valence-electron chi connectivity index (χ0n) is 18.0. The van der Waals surface area contributed by atoms with E-state index in [1.54, 1.807) is 43.4 Å². The highest BCUT2D eigenvalue weighted by molar-refractivity contribution is 6.42. The van der Waals surface area contributed by atoms with Crippen molar-refractivity contribution in [1.29, 1.82) is 0 Å². The molecular formula is C24H24Cl2N2O4. The van der Waals surface area contributed by atoms with Gasteiger partial charge in [0.15, 0.2) is 11.5 Å². The van der Waals surface area contributed by atoms with Crippen molar-refractivity contribution in [3.63, 3.8) is 0 Å². The molecule has 0 bridgehead atoms. The molecule has 3 rings (SSSR count). The van der Waals surface area contributed by atoms with E-state index in [-0.39, 0.29) is 6.03 Å². The summed E-state index contributed by atoms with van der Waals surface area (Å²) in [6, 6.07) is 17.5. The van der Waals surface area contributed by atoms with Gasteiger partial charge in [0, 0.05) is 11.4 Å². The van der Waals surface area contributed by atoms with E-state index in [1.807, 2.05) is 43.3 Å². The SMILES string of the molecule is CCOc1ccc(N(Cc2ccc(OC)c(OC)c2)C(=O)Nc2ccc(Cl)c(Cl)c2)cc1. The zero-order valence-corrected chi connectivity index (χ0v) is 19.5. The summed E-state index contributed by atoms with van der Waals surface area (Å²) in [5, 5.41) is 3.65. The molecule has 0 radical (unpaired) electrons. The van der Waals surface area contributed by atoms with E-state index in [0.29, 0.717) is 46.1 Å². The van der Waals surface area contributed by atoms with Crippen LogP contribution in [0.25, 0.3) is 0 Å². The topological polar surface area (TPSA) is 60.0 Å². The molecule has 168 valence electrons. The molecule has 0 fully saturated rings. The standard InChI is InChI=1S/C24H24Cl2N2O4/c1-4-32-19-9-7-18(8-10-19)28(15-16-5-12-22(30-2)23(13-16)31-3)24(29)27-17-6-11-20(25)21(26)14-17/h5-14H,4,15H2,1-3H3,(H,27,29). The first kappa shape index (κ1) is 23.6. The first-order valence-corrected chi connectivity index (χ1v) is 10.7. The Morgan fingerprint density at radius 1 is 0.906 bits per heavy atom. The van der Waals surface area contributed by atoms with E-state index in [2.05, 4.69) is 5.32 Å². The van der Waals surface area contributed by atoms with Crippen molar-refractivity contribution >= 4 is 40.6 Å². The maximum atomic E-state index is 13.3. The lowest BCUT2D eigenvalue weighted by Crippen LogP contribution is -2.34. The van der Waals surface area contributed by atoms with Gasteiger partial charge in [0.2, 0.25) is 0 Å². The second-order valence-electron chi connectivity index (χ2n) is 6.76. The maximum Gasteiger partial charge on any atom is 0.326 e. The van der Waals surface area contributed by atoms with Gasteiger partial charge < -0.3 is 19.5 Å². The Bertz CT molecular complexity index is 1070. The minimum Gasteiger partial charge on any atom is -0.494 e. The van der Waals surface area contributed by atoms with E-state index in [1.165, 1.54) is 0 Å². The van der Waals surface area contributed by atoms with Crippen LogP contribution >= 0.6 is 23.2 Å². The lowest BCUT2D eigenvalue weighted by Gasteiger charge is -2.24. The molecule has 0 unspecified atom stereocenters. The summed E-state index contributed by atoms with van der Waals surface area (Å²) in [6.07, 6.45) is 0. The van der Waals surface area contributed by atoms with Crippen LogP contribution in [0.1, 0.15) is 12.5 Å². The third kappa shape index (κ3) is 5.78. The van der Waals surface area contributed by atoms with Crippen molar-refractivity contribution in [1.82, 2.24) is 0 Å². The highest BCUT2D eigenvalue weighted by Crippen LogP contribution is 2.30. The lowest BCUT2D eigenvalue weighted by atomic mass is 10.1. The summed E-state index contributed by atoms with van der Waals surface area (Å²) < 4.78 is 16.2. The van der Waals surface area contributed by atoms with Crippen LogP contribution in [0, 0.1) is 0 Å². The molecule has 8 heteroatoms. The van der Waals surface area contributed by atoms with Gasteiger partial charge in [0.25, 0.3) is 0 Å². The molecule has 0 heterocycles. The van der Waals surface area contributed by atoms with Gasteiger partial charge in [-0.2, -0.15) is 0 Å². The Morgan fingerprint density at radius 2 is 1.62 bits per heavy atom. The zero-order chi connectivity index (χ0) is 23.1. The largest absolute Gasteiger partial charge is 0.494 e. The molecule has 3 aromatic carbocycles. The summed E-state index contributed by atoms with van der Waals surface area (Å²) in [5.74, 6) is 1.93. The number of nitrogens with one attached hydrogen (secondary N) is 1. The molecule has 1 N–H and O–H groups in total. The number of ether oxygens (including phenoxy) is 3. The highest BCUT2D eigenvalue weighted by atomic mass is 35.5. The van der Waals surface area contributed by atoms with Gasteiger partial charge in [0.05, 0.1) is 37.4 Å². The van der Waals surface area contributed by atoms with Gasteiger partial charge in [-0.1, -0.05) is 29.3 Å². The van der Waals surface area contributed by atoms with Gasteiger partial charge in [-0.25, -0.2) is 4.79 Å². The molecule has 0 aliphatic heterocycles. The molecule has 0 saturated heterocycles. The highest BCUT2D eigenvalue weighted by Gasteiger charge is 2.18. The number of methoxy groups -OCH3 is 2. The Kier molecular flexibility index (Phi) is 8.09. The van der Waals surface area contributed by atoms with Crippen LogP contribution < -0.4 is 24.4 Å². The molecular weight excluding hydrogens is 451 g/mol. The minimum absolute atomic E-state index is 0.293. The fourth-order valence-electron chi connectivity index (χ4n) is 3.10. The Labute approximate surface area is 197 Å². The van der Waals surface area contributed by atoms with E-state index in [4.69, 9.17) is 37.4 Å². The normalized spacial score (nSPS) is 10.4. The van der Waals surface area contributed by atoms with Crippen LogP contribution in [0.5, 0.6) is 17.2 Å². The van der Waals surface area contributed by atoms with Gasteiger partial charge >= 0.3 is 6.03 Å². The number of urea groups is 1. The number of hydrogen-bond acceptors (Lipinski definition) is 4. The van der Waals surface area contributed by atoms with Crippen LogP contribution in [0.3, 0.4) is 0 Å². The molecule has 0 spiro atoms. The van der Waals surface area contributed by atoms with Crippen LogP contribution in [0.4, 0.5) is 16.2 Å². The number of hydrogen-bond donors (Lipinski definition) is 1. The number of carbonyl (C=O) groups excluding carboxylic acids is 1. The van der Waals surface area contributed by atoms with Crippen molar-refractivity contribution in [3.05, 3.63) is 76.3 Å². The van der Waals surface area contributed by atoms with Crippen LogP contribution in [0.2, 0.25) is 10.0 Å². The van der Waals surface area contributed by atoms with Crippen molar-refractivity contribution in [3.8, 4) is 17.2 Å². The van der Waals surface area contributed by atoms with E-state index >= 15 is 0 Å². The van der Waals surface area contributed by atoms with Gasteiger partial charge in [-0.05, 0) is 67.1 Å². The third-order valence-corrected chi connectivity index (χ3v) is 5.40. The number of anilines is 2. The average molecular weight is 475 g/mol. The second-order valence-corrected chi connectivity index (χ2v) is 7.58. The molecule has 6 nitrogen and oxygen atoms in total. The van der Waals surface area contributed by atoms with Gasteiger partial charge in [-0.3, -0.25) is 4.90 Å². The van der Waals surface area contributed by atoms with Crippen LogP contribution in [-0.2, 0) is 6.54 Å². The summed E-state index contributed by atoms with van der Waals surface area (Å²) in [4.78, 5) is 14.9. The fraction of sp³-hybridized carbons (Fsp3) is 0.208.